The van der Waals surface area contributed by atoms with Crippen LogP contribution in [0.15, 0.2) is 24.3 Å². The maximum Gasteiger partial charge on any atom is 0.229 e. The molecule has 20 heavy (non-hydrogen) atoms. The van der Waals surface area contributed by atoms with E-state index >= 15 is 0 Å². The van der Waals surface area contributed by atoms with Gasteiger partial charge in [-0.3, -0.25) is 4.79 Å². The van der Waals surface area contributed by atoms with E-state index in [9.17, 15) is 4.79 Å². The lowest BCUT2D eigenvalue weighted by Crippen LogP contribution is -2.43. The molecule has 2 unspecified atom stereocenters. The number of hydrogen-bond acceptors (Lipinski definition) is 4. The molecule has 2 atom stereocenters. The molecule has 1 aromatic rings. The monoisotopic (exact) mass is 273 g/mol. The Morgan fingerprint density at radius 3 is 2.75 bits per heavy atom. The van der Waals surface area contributed by atoms with Gasteiger partial charge in [-0.05, 0) is 24.7 Å². The van der Waals surface area contributed by atoms with Crippen LogP contribution in [0.5, 0.6) is 0 Å². The summed E-state index contributed by atoms with van der Waals surface area (Å²) >= 11 is 0. The number of carbonyl (C=O) groups is 1. The van der Waals surface area contributed by atoms with E-state index < -0.39 is 0 Å². The summed E-state index contributed by atoms with van der Waals surface area (Å²) < 4.78 is 5.37. The minimum absolute atomic E-state index is 0.0888. The summed E-state index contributed by atoms with van der Waals surface area (Å²) in [4.78, 5) is 14.1. The highest BCUT2D eigenvalue weighted by Gasteiger charge is 2.34. The summed E-state index contributed by atoms with van der Waals surface area (Å²) in [6.07, 6.45) is 0. The van der Waals surface area contributed by atoms with Crippen molar-refractivity contribution in [2.45, 2.75) is 12.6 Å². The zero-order valence-electron chi connectivity index (χ0n) is 11.8. The molecule has 1 aliphatic heterocycles. The van der Waals surface area contributed by atoms with E-state index in [0.717, 1.165) is 5.56 Å². The van der Waals surface area contributed by atoms with Crippen LogP contribution in [0.25, 0.3) is 0 Å². The number of nitrogens with zero attached hydrogens (tertiary/aromatic N) is 2. The van der Waals surface area contributed by atoms with Crippen LogP contribution >= 0.6 is 0 Å². The van der Waals surface area contributed by atoms with Crippen LogP contribution < -0.4 is 5.32 Å². The summed E-state index contributed by atoms with van der Waals surface area (Å²) in [5.41, 5.74) is 1.64. The van der Waals surface area contributed by atoms with Gasteiger partial charge in [0.05, 0.1) is 30.8 Å². The minimum atomic E-state index is -0.122. The first-order valence-electron chi connectivity index (χ1n) is 6.64. The molecule has 2 rings (SSSR count). The number of nitriles is 1. The molecule has 0 spiro atoms. The molecule has 1 saturated heterocycles. The number of likely N-dealkylation sites (N-methyl/N-ethyl adjacent to an activating group) is 1. The SMILES string of the molecule is CNC1COCC1C(=O)N(C)Cc1ccc(C#N)cc1. The number of carbonyl (C=O) groups excluding carboxylic acids is 1. The fraction of sp³-hybridized carbons (Fsp3) is 0.467. The third kappa shape index (κ3) is 3.16. The predicted octanol–water partition coefficient (Wildman–Crippen LogP) is 0.751. The number of amides is 1. The Balaban J connectivity index is 1.98. The average molecular weight is 273 g/mol. The number of ether oxygens (including phenoxy) is 1. The molecule has 0 saturated carbocycles. The van der Waals surface area contributed by atoms with E-state index in [4.69, 9.17) is 10.00 Å². The van der Waals surface area contributed by atoms with E-state index in [-0.39, 0.29) is 17.9 Å². The quantitative estimate of drug-likeness (QED) is 0.879. The number of hydrogen-bond donors (Lipinski definition) is 1. The number of nitrogens with one attached hydrogen (secondary N) is 1. The fourth-order valence-electron chi connectivity index (χ4n) is 2.40. The molecule has 0 bridgehead atoms. The molecule has 1 fully saturated rings. The van der Waals surface area contributed by atoms with Gasteiger partial charge in [0.25, 0.3) is 0 Å². The summed E-state index contributed by atoms with van der Waals surface area (Å²) in [5, 5.41) is 11.9. The summed E-state index contributed by atoms with van der Waals surface area (Å²) in [6.45, 7) is 1.59. The Morgan fingerprint density at radius 1 is 1.45 bits per heavy atom. The lowest BCUT2D eigenvalue weighted by Gasteiger charge is -2.23. The van der Waals surface area contributed by atoms with Gasteiger partial charge < -0.3 is 15.0 Å². The van der Waals surface area contributed by atoms with Crippen LogP contribution in [0.1, 0.15) is 11.1 Å². The molecule has 1 N–H and O–H groups in total. The highest BCUT2D eigenvalue weighted by Crippen LogP contribution is 2.17. The van der Waals surface area contributed by atoms with Gasteiger partial charge in [-0.25, -0.2) is 0 Å². The standard InChI is InChI=1S/C15H19N3O2/c1-17-14-10-20-9-13(14)15(19)18(2)8-12-5-3-11(7-16)4-6-12/h3-6,13-14,17H,8-10H2,1-2H3. The van der Waals surface area contributed by atoms with Crippen molar-refractivity contribution in [2.24, 2.45) is 5.92 Å². The van der Waals surface area contributed by atoms with E-state index in [0.29, 0.717) is 25.3 Å². The van der Waals surface area contributed by atoms with E-state index in [1.165, 1.54) is 0 Å². The van der Waals surface area contributed by atoms with Crippen LogP contribution in [0.3, 0.4) is 0 Å². The zero-order chi connectivity index (χ0) is 14.5. The highest BCUT2D eigenvalue weighted by atomic mass is 16.5. The van der Waals surface area contributed by atoms with Crippen LogP contribution in [-0.4, -0.2) is 44.2 Å². The Labute approximate surface area is 119 Å². The van der Waals surface area contributed by atoms with Crippen molar-refractivity contribution in [1.82, 2.24) is 10.2 Å². The molecular weight excluding hydrogens is 254 g/mol. The van der Waals surface area contributed by atoms with Crippen molar-refractivity contribution in [3.8, 4) is 6.07 Å². The minimum Gasteiger partial charge on any atom is -0.379 e. The first-order valence-corrected chi connectivity index (χ1v) is 6.64. The maximum absolute atomic E-state index is 12.4. The molecule has 5 nitrogen and oxygen atoms in total. The smallest absolute Gasteiger partial charge is 0.229 e. The Kier molecular flexibility index (Phi) is 4.72. The van der Waals surface area contributed by atoms with Gasteiger partial charge in [-0.15, -0.1) is 0 Å². The lowest BCUT2D eigenvalue weighted by molar-refractivity contribution is -0.135. The molecule has 5 heteroatoms. The summed E-state index contributed by atoms with van der Waals surface area (Å²) in [6, 6.07) is 9.46. The maximum atomic E-state index is 12.4. The van der Waals surface area contributed by atoms with Crippen molar-refractivity contribution in [3.05, 3.63) is 35.4 Å². The highest BCUT2D eigenvalue weighted by molar-refractivity contribution is 5.79. The number of benzene rings is 1. The lowest BCUT2D eigenvalue weighted by atomic mass is 10.0. The first-order chi connectivity index (χ1) is 9.65. The molecule has 1 heterocycles. The number of rotatable bonds is 4. The van der Waals surface area contributed by atoms with Gasteiger partial charge in [0, 0.05) is 19.6 Å². The van der Waals surface area contributed by atoms with Crippen LogP contribution in [0.2, 0.25) is 0 Å². The van der Waals surface area contributed by atoms with Gasteiger partial charge in [-0.2, -0.15) is 5.26 Å². The molecular formula is C15H19N3O2. The Morgan fingerprint density at radius 2 is 2.15 bits per heavy atom. The average Bonchev–Trinajstić information content (AvgIpc) is 2.95. The van der Waals surface area contributed by atoms with Gasteiger partial charge >= 0.3 is 0 Å². The van der Waals surface area contributed by atoms with Gasteiger partial charge in [0.2, 0.25) is 5.91 Å². The van der Waals surface area contributed by atoms with Crippen molar-refractivity contribution in [1.29, 1.82) is 5.26 Å². The Bertz CT molecular complexity index is 507. The van der Waals surface area contributed by atoms with E-state index in [2.05, 4.69) is 11.4 Å². The first kappa shape index (κ1) is 14.5. The predicted molar refractivity (Wildman–Crippen MR) is 74.8 cm³/mol. The third-order valence-corrected chi connectivity index (χ3v) is 3.65. The summed E-state index contributed by atoms with van der Waals surface area (Å²) in [5.74, 6) is -0.0328. The second kappa shape index (κ2) is 6.51. The normalized spacial score (nSPS) is 21.4. The van der Waals surface area contributed by atoms with Crippen LogP contribution in [0.4, 0.5) is 0 Å². The fourth-order valence-corrected chi connectivity index (χ4v) is 2.40. The van der Waals surface area contributed by atoms with Crippen molar-refractivity contribution >= 4 is 5.91 Å². The largest absolute Gasteiger partial charge is 0.379 e. The summed E-state index contributed by atoms with van der Waals surface area (Å²) in [7, 11) is 3.64. The molecule has 0 aromatic heterocycles. The van der Waals surface area contributed by atoms with E-state index in [1.54, 1.807) is 24.1 Å². The van der Waals surface area contributed by atoms with Crippen molar-refractivity contribution in [2.75, 3.05) is 27.3 Å². The topological polar surface area (TPSA) is 65.4 Å². The Hall–Kier alpha value is -1.90. The van der Waals surface area contributed by atoms with Crippen molar-refractivity contribution in [3.63, 3.8) is 0 Å². The van der Waals surface area contributed by atoms with Gasteiger partial charge in [-0.1, -0.05) is 12.1 Å². The van der Waals surface area contributed by atoms with Crippen molar-refractivity contribution < 1.29 is 9.53 Å². The van der Waals surface area contributed by atoms with Crippen LogP contribution in [-0.2, 0) is 16.1 Å². The van der Waals surface area contributed by atoms with Crippen LogP contribution in [0, 0.1) is 17.2 Å². The van der Waals surface area contributed by atoms with Gasteiger partial charge in [0.15, 0.2) is 0 Å². The second-order valence-corrected chi connectivity index (χ2v) is 5.04. The van der Waals surface area contributed by atoms with E-state index in [1.807, 2.05) is 19.2 Å². The molecule has 0 radical (unpaired) electrons. The second-order valence-electron chi connectivity index (χ2n) is 5.04. The molecule has 1 amide bonds. The zero-order valence-corrected chi connectivity index (χ0v) is 11.8. The third-order valence-electron chi connectivity index (χ3n) is 3.65. The van der Waals surface area contributed by atoms with Gasteiger partial charge in [0.1, 0.15) is 0 Å². The molecule has 1 aliphatic rings. The molecule has 106 valence electrons. The molecule has 1 aromatic carbocycles. The molecule has 0 aliphatic carbocycles.